The summed E-state index contributed by atoms with van der Waals surface area (Å²) >= 11 is 0. The van der Waals surface area contributed by atoms with E-state index >= 15 is 0 Å². The highest BCUT2D eigenvalue weighted by Crippen LogP contribution is 2.30. The van der Waals surface area contributed by atoms with Gasteiger partial charge >= 0.3 is 0 Å². The molecule has 3 heteroatoms. The third kappa shape index (κ3) is 2.50. The molecule has 1 heterocycles. The highest BCUT2D eigenvalue weighted by atomic mass is 15.2. The van der Waals surface area contributed by atoms with Crippen LogP contribution in [0.5, 0.6) is 0 Å². The van der Waals surface area contributed by atoms with Gasteiger partial charge in [0.25, 0.3) is 0 Å². The SMILES string of the molecule is Cc1cccc(C(=N)N)c1N1CCCCCC1C. The van der Waals surface area contributed by atoms with Crippen molar-refractivity contribution in [3.8, 4) is 0 Å². The molecule has 1 atom stereocenters. The molecule has 2 rings (SSSR count). The van der Waals surface area contributed by atoms with Crippen molar-refractivity contribution in [2.45, 2.75) is 45.6 Å². The smallest absolute Gasteiger partial charge is 0.124 e. The van der Waals surface area contributed by atoms with Gasteiger partial charge in [-0.1, -0.05) is 25.0 Å². The summed E-state index contributed by atoms with van der Waals surface area (Å²) < 4.78 is 0. The van der Waals surface area contributed by atoms with E-state index in [1.165, 1.54) is 36.9 Å². The van der Waals surface area contributed by atoms with E-state index in [4.69, 9.17) is 11.1 Å². The van der Waals surface area contributed by atoms with Crippen molar-refractivity contribution in [1.82, 2.24) is 0 Å². The number of nitrogens with two attached hydrogens (primary N) is 1. The van der Waals surface area contributed by atoms with Crippen LogP contribution in [0.1, 0.15) is 43.7 Å². The monoisotopic (exact) mass is 245 g/mol. The Balaban J connectivity index is 2.44. The summed E-state index contributed by atoms with van der Waals surface area (Å²) in [7, 11) is 0. The predicted molar refractivity (Wildman–Crippen MR) is 77.5 cm³/mol. The maximum Gasteiger partial charge on any atom is 0.124 e. The van der Waals surface area contributed by atoms with Crippen LogP contribution >= 0.6 is 0 Å². The minimum atomic E-state index is 0.171. The molecule has 1 aromatic carbocycles. The lowest BCUT2D eigenvalue weighted by Gasteiger charge is -2.32. The number of aryl methyl sites for hydroxylation is 1. The second kappa shape index (κ2) is 5.42. The normalized spacial score (nSPS) is 20.6. The molecule has 1 aromatic rings. The molecule has 0 radical (unpaired) electrons. The van der Waals surface area contributed by atoms with Crippen LogP contribution in [-0.2, 0) is 0 Å². The number of nitrogens with one attached hydrogen (secondary N) is 1. The summed E-state index contributed by atoms with van der Waals surface area (Å²) in [6.07, 6.45) is 5.07. The van der Waals surface area contributed by atoms with Crippen molar-refractivity contribution in [3.05, 3.63) is 29.3 Å². The van der Waals surface area contributed by atoms with Crippen molar-refractivity contribution in [2.24, 2.45) is 5.73 Å². The molecule has 98 valence electrons. The summed E-state index contributed by atoms with van der Waals surface area (Å²) in [4.78, 5) is 2.44. The Hall–Kier alpha value is -1.51. The number of anilines is 1. The number of nitrogens with zero attached hydrogens (tertiary/aromatic N) is 1. The zero-order valence-corrected chi connectivity index (χ0v) is 11.4. The number of hydrogen-bond donors (Lipinski definition) is 2. The average Bonchev–Trinajstić information content (AvgIpc) is 2.54. The fourth-order valence-electron chi connectivity index (χ4n) is 2.86. The molecule has 3 nitrogen and oxygen atoms in total. The number of para-hydroxylation sites is 1. The van der Waals surface area contributed by atoms with Gasteiger partial charge in [-0.05, 0) is 38.3 Å². The van der Waals surface area contributed by atoms with Gasteiger partial charge in [0.05, 0.1) is 5.69 Å². The second-order valence-corrected chi connectivity index (χ2v) is 5.28. The zero-order chi connectivity index (χ0) is 13.1. The zero-order valence-electron chi connectivity index (χ0n) is 11.4. The first-order valence-electron chi connectivity index (χ1n) is 6.82. The third-order valence-electron chi connectivity index (χ3n) is 3.87. The maximum absolute atomic E-state index is 7.76. The van der Waals surface area contributed by atoms with Crippen molar-refractivity contribution in [2.75, 3.05) is 11.4 Å². The summed E-state index contributed by atoms with van der Waals surface area (Å²) in [5, 5.41) is 7.76. The molecular formula is C15H23N3. The number of rotatable bonds is 2. The van der Waals surface area contributed by atoms with Crippen LogP contribution in [0.25, 0.3) is 0 Å². The second-order valence-electron chi connectivity index (χ2n) is 5.28. The van der Waals surface area contributed by atoms with Crippen molar-refractivity contribution < 1.29 is 0 Å². The van der Waals surface area contributed by atoms with Crippen LogP contribution in [0, 0.1) is 12.3 Å². The Morgan fingerprint density at radius 2 is 2.11 bits per heavy atom. The van der Waals surface area contributed by atoms with E-state index in [1.54, 1.807) is 0 Å². The first-order valence-corrected chi connectivity index (χ1v) is 6.82. The van der Waals surface area contributed by atoms with E-state index in [0.29, 0.717) is 6.04 Å². The van der Waals surface area contributed by atoms with Gasteiger partial charge < -0.3 is 10.6 Å². The van der Waals surface area contributed by atoms with Crippen molar-refractivity contribution >= 4 is 11.5 Å². The van der Waals surface area contributed by atoms with E-state index in [9.17, 15) is 0 Å². The highest BCUT2D eigenvalue weighted by molar-refractivity contribution is 6.01. The summed E-state index contributed by atoms with van der Waals surface area (Å²) in [5.74, 6) is 0.171. The molecule has 1 unspecified atom stereocenters. The first kappa shape index (κ1) is 12.9. The van der Waals surface area contributed by atoms with Crippen LogP contribution in [0.3, 0.4) is 0 Å². The van der Waals surface area contributed by atoms with Gasteiger partial charge in [-0.2, -0.15) is 0 Å². The Kier molecular flexibility index (Phi) is 3.90. The summed E-state index contributed by atoms with van der Waals surface area (Å²) in [6.45, 7) is 5.47. The molecule has 0 saturated carbocycles. The molecule has 1 fully saturated rings. The van der Waals surface area contributed by atoms with Crippen LogP contribution in [0.4, 0.5) is 5.69 Å². The molecule has 18 heavy (non-hydrogen) atoms. The minimum absolute atomic E-state index is 0.171. The predicted octanol–water partition coefficient (Wildman–Crippen LogP) is 3.05. The molecular weight excluding hydrogens is 222 g/mol. The Bertz CT molecular complexity index is 439. The van der Waals surface area contributed by atoms with Crippen LogP contribution in [-0.4, -0.2) is 18.4 Å². The number of nitrogen functional groups attached to an aromatic ring is 1. The summed E-state index contributed by atoms with van der Waals surface area (Å²) in [6, 6.07) is 6.59. The van der Waals surface area contributed by atoms with Gasteiger partial charge in [0.1, 0.15) is 5.84 Å². The molecule has 1 aliphatic rings. The van der Waals surface area contributed by atoms with Gasteiger partial charge in [-0.3, -0.25) is 5.41 Å². The average molecular weight is 245 g/mol. The van der Waals surface area contributed by atoms with Gasteiger partial charge in [0.15, 0.2) is 0 Å². The Labute approximate surface area is 109 Å². The van der Waals surface area contributed by atoms with E-state index in [2.05, 4.69) is 24.8 Å². The van der Waals surface area contributed by atoms with E-state index < -0.39 is 0 Å². The molecule has 0 spiro atoms. The van der Waals surface area contributed by atoms with Crippen LogP contribution in [0.2, 0.25) is 0 Å². The number of benzene rings is 1. The standard InChI is InChI=1S/C15H23N3/c1-11-7-6-9-13(15(16)17)14(11)18-10-5-3-4-8-12(18)2/h6-7,9,12H,3-5,8,10H2,1-2H3,(H3,16,17). The van der Waals surface area contributed by atoms with Crippen LogP contribution in [0.15, 0.2) is 18.2 Å². The van der Waals surface area contributed by atoms with E-state index in [1.807, 2.05) is 12.1 Å². The lowest BCUT2D eigenvalue weighted by molar-refractivity contribution is 0.615. The molecule has 3 N–H and O–H groups in total. The molecule has 0 aliphatic carbocycles. The lowest BCUT2D eigenvalue weighted by atomic mass is 10.0. The van der Waals surface area contributed by atoms with Gasteiger partial charge in [-0.25, -0.2) is 0 Å². The fraction of sp³-hybridized carbons (Fsp3) is 0.533. The Morgan fingerprint density at radius 1 is 1.33 bits per heavy atom. The summed E-state index contributed by atoms with van der Waals surface area (Å²) in [5.41, 5.74) is 8.99. The van der Waals surface area contributed by atoms with Gasteiger partial charge in [0.2, 0.25) is 0 Å². The largest absolute Gasteiger partial charge is 0.384 e. The lowest BCUT2D eigenvalue weighted by Crippen LogP contribution is -2.35. The number of hydrogen-bond acceptors (Lipinski definition) is 2. The molecule has 0 aromatic heterocycles. The molecule has 1 saturated heterocycles. The highest BCUT2D eigenvalue weighted by Gasteiger charge is 2.21. The van der Waals surface area contributed by atoms with Gasteiger partial charge in [-0.15, -0.1) is 0 Å². The molecule has 0 bridgehead atoms. The topological polar surface area (TPSA) is 53.1 Å². The van der Waals surface area contributed by atoms with Crippen molar-refractivity contribution in [3.63, 3.8) is 0 Å². The fourth-order valence-corrected chi connectivity index (χ4v) is 2.86. The van der Waals surface area contributed by atoms with Gasteiger partial charge in [0, 0.05) is 18.2 Å². The first-order chi connectivity index (χ1) is 8.61. The minimum Gasteiger partial charge on any atom is -0.384 e. The van der Waals surface area contributed by atoms with E-state index in [0.717, 1.165) is 12.1 Å². The maximum atomic E-state index is 7.76. The number of amidine groups is 1. The quantitative estimate of drug-likeness (QED) is 0.621. The molecule has 0 amide bonds. The third-order valence-corrected chi connectivity index (χ3v) is 3.87. The van der Waals surface area contributed by atoms with Crippen LogP contribution < -0.4 is 10.6 Å². The van der Waals surface area contributed by atoms with E-state index in [-0.39, 0.29) is 5.84 Å². The molecule has 1 aliphatic heterocycles. The Morgan fingerprint density at radius 3 is 2.83 bits per heavy atom. The van der Waals surface area contributed by atoms with Crippen molar-refractivity contribution in [1.29, 1.82) is 5.41 Å².